The van der Waals surface area contributed by atoms with Crippen LogP contribution in [0.3, 0.4) is 0 Å². The first kappa shape index (κ1) is 26.0. The van der Waals surface area contributed by atoms with Crippen LogP contribution >= 0.6 is 113 Å². The quantitative estimate of drug-likeness (QED) is 0.152. The van der Waals surface area contributed by atoms with Gasteiger partial charge in [-0.25, -0.2) is 0 Å². The molecule has 0 atom stereocenters. The van der Waals surface area contributed by atoms with Crippen molar-refractivity contribution in [1.82, 2.24) is 0 Å². The second kappa shape index (κ2) is 10.4. The Hall–Kier alpha value is -0.250. The van der Waals surface area contributed by atoms with Crippen LogP contribution in [0.4, 0.5) is 0 Å². The van der Waals surface area contributed by atoms with Crippen molar-refractivity contribution >= 4 is 145 Å². The molecule has 176 valence electrons. The fraction of sp³-hybridized carbons (Fsp3) is 0.0323. The van der Waals surface area contributed by atoms with E-state index in [1.165, 1.54) is 78.0 Å². The summed E-state index contributed by atoms with van der Waals surface area (Å²) in [5, 5.41) is 7.89. The maximum absolute atomic E-state index is 2.54. The predicted octanol–water partition coefficient (Wildman–Crippen LogP) is 11.8. The van der Waals surface area contributed by atoms with Gasteiger partial charge in [0, 0.05) is 17.9 Å². The fourth-order valence-corrected chi connectivity index (χ4v) is 8.80. The molecule has 0 saturated heterocycles. The average Bonchev–Trinajstić information content (AvgIpc) is 2.89. The largest absolute Gasteiger partial charge is 0.0605 e. The molecule has 0 N–H and O–H groups in total. The minimum Gasteiger partial charge on any atom is -0.0605 e. The van der Waals surface area contributed by atoms with Crippen molar-refractivity contribution in [3.05, 3.63) is 108 Å². The van der Waals surface area contributed by atoms with Gasteiger partial charge in [0.1, 0.15) is 0 Å². The van der Waals surface area contributed by atoms with E-state index in [0.717, 1.165) is 0 Å². The molecule has 36 heavy (non-hydrogen) atoms. The van der Waals surface area contributed by atoms with Gasteiger partial charge in [0.05, 0.1) is 0 Å². The second-order valence-electron chi connectivity index (χ2n) is 8.87. The number of hydrogen-bond donors (Lipinski definition) is 0. The smallest absolute Gasteiger partial charge is 0.0287 e. The molecule has 6 aromatic rings. The third kappa shape index (κ3) is 4.49. The van der Waals surface area contributed by atoms with Crippen LogP contribution in [0.15, 0.2) is 84.9 Å². The minimum absolute atomic E-state index is 1.27. The summed E-state index contributed by atoms with van der Waals surface area (Å²) in [7, 11) is 0. The van der Waals surface area contributed by atoms with Gasteiger partial charge in [-0.2, -0.15) is 0 Å². The molecule has 0 bridgehead atoms. The Morgan fingerprint density at radius 1 is 0.444 bits per heavy atom. The Kier molecular flexibility index (Phi) is 7.50. The number of rotatable bonds is 2. The maximum Gasteiger partial charge on any atom is 0.0287 e. The van der Waals surface area contributed by atoms with Crippen molar-refractivity contribution in [2.75, 3.05) is 0 Å². The van der Waals surface area contributed by atoms with Crippen LogP contribution < -0.4 is 0 Å². The lowest BCUT2D eigenvalue weighted by atomic mass is 9.95. The SMILES string of the molecule is Cc1ccc2cc(-c3cc(I)c4cc(-c5ccc6c(I)cccc6c5I)ccc4c3I)ccc2c1I. The summed E-state index contributed by atoms with van der Waals surface area (Å²) in [6, 6.07) is 31.8. The monoisotopic (exact) mass is 1020 g/mol. The molecule has 0 radical (unpaired) electrons. The van der Waals surface area contributed by atoms with E-state index in [9.17, 15) is 0 Å². The lowest BCUT2D eigenvalue weighted by molar-refractivity contribution is 1.46. The first-order valence-corrected chi connectivity index (χ1v) is 16.7. The van der Waals surface area contributed by atoms with Crippen molar-refractivity contribution in [3.8, 4) is 22.3 Å². The maximum atomic E-state index is 2.54. The highest BCUT2D eigenvalue weighted by molar-refractivity contribution is 14.1. The average molecular weight is 1020 g/mol. The fourth-order valence-electron chi connectivity index (χ4n) is 4.80. The molecule has 0 aliphatic carbocycles. The molecule has 0 aliphatic rings. The van der Waals surface area contributed by atoms with E-state index >= 15 is 0 Å². The van der Waals surface area contributed by atoms with Gasteiger partial charge < -0.3 is 0 Å². The van der Waals surface area contributed by atoms with E-state index in [2.05, 4.69) is 205 Å². The molecule has 0 spiro atoms. The van der Waals surface area contributed by atoms with Crippen LogP contribution in [0.2, 0.25) is 0 Å². The normalized spacial score (nSPS) is 11.6. The summed E-state index contributed by atoms with van der Waals surface area (Å²) in [5.74, 6) is 0. The molecule has 0 fully saturated rings. The van der Waals surface area contributed by atoms with Gasteiger partial charge in [-0.3, -0.25) is 0 Å². The van der Waals surface area contributed by atoms with Crippen LogP contribution in [0.5, 0.6) is 0 Å². The molecule has 0 amide bonds. The van der Waals surface area contributed by atoms with Crippen LogP contribution in [-0.4, -0.2) is 0 Å². The summed E-state index contributed by atoms with van der Waals surface area (Å²) < 4.78 is 6.53. The molecule has 6 rings (SSSR count). The van der Waals surface area contributed by atoms with Gasteiger partial charge >= 0.3 is 0 Å². The van der Waals surface area contributed by atoms with Gasteiger partial charge in [-0.05, 0) is 204 Å². The zero-order valence-corrected chi connectivity index (χ0v) is 29.8. The molecule has 0 nitrogen and oxygen atoms in total. The summed E-state index contributed by atoms with van der Waals surface area (Å²) in [5.41, 5.74) is 6.46. The second-order valence-corrected chi connectivity index (χ2v) is 14.4. The highest BCUT2D eigenvalue weighted by Crippen LogP contribution is 2.40. The summed E-state index contributed by atoms with van der Waals surface area (Å²) >= 11 is 12.5. The van der Waals surface area contributed by atoms with Crippen LogP contribution in [0, 0.1) is 24.8 Å². The number of aryl methyl sites for hydroxylation is 1. The van der Waals surface area contributed by atoms with E-state index in [0.29, 0.717) is 0 Å². The van der Waals surface area contributed by atoms with Crippen LogP contribution in [0.25, 0.3) is 54.6 Å². The van der Waals surface area contributed by atoms with Crippen molar-refractivity contribution in [2.45, 2.75) is 6.92 Å². The van der Waals surface area contributed by atoms with Crippen LogP contribution in [0.1, 0.15) is 5.56 Å². The van der Waals surface area contributed by atoms with Gasteiger partial charge in [-0.1, -0.05) is 60.7 Å². The summed E-state index contributed by atoms with van der Waals surface area (Å²) in [4.78, 5) is 0. The molecule has 6 aromatic carbocycles. The van der Waals surface area contributed by atoms with E-state index < -0.39 is 0 Å². The highest BCUT2D eigenvalue weighted by atomic mass is 127. The van der Waals surface area contributed by atoms with Crippen LogP contribution in [-0.2, 0) is 0 Å². The first-order chi connectivity index (χ1) is 17.3. The Morgan fingerprint density at radius 3 is 1.92 bits per heavy atom. The van der Waals surface area contributed by atoms with E-state index in [4.69, 9.17) is 0 Å². The molecular weight excluding hydrogens is 1010 g/mol. The topological polar surface area (TPSA) is 0 Å². The lowest BCUT2D eigenvalue weighted by Crippen LogP contribution is -1.92. The van der Waals surface area contributed by atoms with Gasteiger partial charge in [0.2, 0.25) is 0 Å². The molecule has 0 saturated carbocycles. The Balaban J connectivity index is 1.50. The third-order valence-electron chi connectivity index (χ3n) is 6.73. The van der Waals surface area contributed by atoms with E-state index in [1.807, 2.05) is 0 Å². The molecule has 5 heteroatoms. The number of hydrogen-bond acceptors (Lipinski definition) is 0. The Bertz CT molecular complexity index is 1850. The van der Waals surface area contributed by atoms with Gasteiger partial charge in [-0.15, -0.1) is 0 Å². The summed E-state index contributed by atoms with van der Waals surface area (Å²) in [6.45, 7) is 2.18. The van der Waals surface area contributed by atoms with Crippen molar-refractivity contribution in [2.24, 2.45) is 0 Å². The molecule has 0 unspecified atom stereocenters. The highest BCUT2D eigenvalue weighted by Gasteiger charge is 2.15. The number of fused-ring (bicyclic) bond motifs is 3. The van der Waals surface area contributed by atoms with Crippen molar-refractivity contribution in [3.63, 3.8) is 0 Å². The molecular formula is C31H17I5. The van der Waals surface area contributed by atoms with Crippen molar-refractivity contribution < 1.29 is 0 Å². The molecule has 0 aliphatic heterocycles. The summed E-state index contributed by atoms with van der Waals surface area (Å²) in [6.07, 6.45) is 0. The standard InChI is InChI=1S/C31H17I5/c1-16-5-6-17-13-18(7-9-20(17)29(16)34)25-15-28(33)26-14-19(8-10-24(26)31(25)36)21-11-12-22-23(30(21)35)3-2-4-27(22)32/h2-15H,1H3. The Labute approximate surface area is 278 Å². The molecule has 0 heterocycles. The van der Waals surface area contributed by atoms with E-state index in [1.54, 1.807) is 0 Å². The minimum atomic E-state index is 1.27. The predicted molar refractivity (Wildman–Crippen MR) is 198 cm³/mol. The number of halogens is 5. The number of benzene rings is 6. The van der Waals surface area contributed by atoms with E-state index in [-0.39, 0.29) is 0 Å². The van der Waals surface area contributed by atoms with Gasteiger partial charge in [0.15, 0.2) is 0 Å². The third-order valence-corrected chi connectivity index (χ3v) is 12.3. The lowest BCUT2D eigenvalue weighted by Gasteiger charge is -2.15. The first-order valence-electron chi connectivity index (χ1n) is 11.3. The zero-order valence-electron chi connectivity index (χ0n) is 19.0. The van der Waals surface area contributed by atoms with Gasteiger partial charge in [0.25, 0.3) is 0 Å². The van der Waals surface area contributed by atoms with Crippen molar-refractivity contribution in [1.29, 1.82) is 0 Å². The zero-order chi connectivity index (χ0) is 25.1. The Morgan fingerprint density at radius 2 is 1.11 bits per heavy atom. The molecule has 0 aromatic heterocycles.